The summed E-state index contributed by atoms with van der Waals surface area (Å²) in [5.74, 6) is 0.883. The lowest BCUT2D eigenvalue weighted by Gasteiger charge is -2.05. The quantitative estimate of drug-likeness (QED) is 0.527. The SMILES string of the molecule is CCCn1c(-c2cc3ccccc3o2)csc1=Nc1cccnc1. The van der Waals surface area contributed by atoms with Crippen LogP contribution in [0.3, 0.4) is 0 Å². The molecule has 3 aromatic heterocycles. The average molecular weight is 335 g/mol. The van der Waals surface area contributed by atoms with Crippen LogP contribution in [0.15, 0.2) is 69.6 Å². The molecule has 120 valence electrons. The predicted octanol–water partition coefficient (Wildman–Crippen LogP) is 5.00. The topological polar surface area (TPSA) is 43.3 Å². The third-order valence-corrected chi connectivity index (χ3v) is 4.66. The molecule has 0 aliphatic rings. The van der Waals surface area contributed by atoms with E-state index in [2.05, 4.69) is 34.0 Å². The number of para-hydroxylation sites is 1. The summed E-state index contributed by atoms with van der Waals surface area (Å²) in [5, 5.41) is 3.23. The van der Waals surface area contributed by atoms with E-state index in [0.717, 1.165) is 45.9 Å². The van der Waals surface area contributed by atoms with E-state index >= 15 is 0 Å². The minimum absolute atomic E-state index is 0.861. The number of furan rings is 1. The number of hydrogen-bond donors (Lipinski definition) is 0. The van der Waals surface area contributed by atoms with Crippen molar-refractivity contribution in [1.29, 1.82) is 0 Å². The van der Waals surface area contributed by atoms with Crippen molar-refractivity contribution in [1.82, 2.24) is 9.55 Å². The van der Waals surface area contributed by atoms with Crippen LogP contribution in [0.5, 0.6) is 0 Å². The highest BCUT2D eigenvalue weighted by Gasteiger charge is 2.12. The van der Waals surface area contributed by atoms with Gasteiger partial charge in [-0.2, -0.15) is 0 Å². The zero-order valence-electron chi connectivity index (χ0n) is 13.3. The predicted molar refractivity (Wildman–Crippen MR) is 97.3 cm³/mol. The number of aromatic nitrogens is 2. The highest BCUT2D eigenvalue weighted by atomic mass is 32.1. The van der Waals surface area contributed by atoms with E-state index < -0.39 is 0 Å². The Labute approximate surface area is 143 Å². The van der Waals surface area contributed by atoms with E-state index in [1.54, 1.807) is 23.7 Å². The molecule has 1 aromatic carbocycles. The smallest absolute Gasteiger partial charge is 0.190 e. The molecule has 0 amide bonds. The third kappa shape index (κ3) is 2.78. The lowest BCUT2D eigenvalue weighted by atomic mass is 10.2. The summed E-state index contributed by atoms with van der Waals surface area (Å²) in [6.45, 7) is 3.07. The van der Waals surface area contributed by atoms with Gasteiger partial charge in [-0.25, -0.2) is 4.99 Å². The maximum atomic E-state index is 6.04. The molecule has 0 aliphatic carbocycles. The second-order valence-electron chi connectivity index (χ2n) is 5.53. The molecule has 4 nitrogen and oxygen atoms in total. The van der Waals surface area contributed by atoms with Gasteiger partial charge in [0.05, 0.1) is 17.6 Å². The lowest BCUT2D eigenvalue weighted by Crippen LogP contribution is -2.15. The van der Waals surface area contributed by atoms with Gasteiger partial charge in [0.1, 0.15) is 5.58 Å². The van der Waals surface area contributed by atoms with Gasteiger partial charge < -0.3 is 8.98 Å². The number of thiazole rings is 1. The average Bonchev–Trinajstić information content (AvgIpc) is 3.20. The molecule has 24 heavy (non-hydrogen) atoms. The molecule has 0 bridgehead atoms. The first-order valence-corrected chi connectivity index (χ1v) is 8.85. The third-order valence-electron chi connectivity index (χ3n) is 3.79. The largest absolute Gasteiger partial charge is 0.454 e. The van der Waals surface area contributed by atoms with Crippen LogP contribution in [0, 0.1) is 0 Å². The minimum atomic E-state index is 0.861. The molecule has 5 heteroatoms. The first-order valence-electron chi connectivity index (χ1n) is 7.97. The lowest BCUT2D eigenvalue weighted by molar-refractivity contribution is 0.605. The van der Waals surface area contributed by atoms with E-state index in [0.29, 0.717) is 0 Å². The fourth-order valence-corrected chi connectivity index (χ4v) is 3.63. The van der Waals surface area contributed by atoms with Crippen molar-refractivity contribution in [2.75, 3.05) is 0 Å². The Hall–Kier alpha value is -2.66. The zero-order chi connectivity index (χ0) is 16.4. The van der Waals surface area contributed by atoms with Gasteiger partial charge in [0.2, 0.25) is 0 Å². The normalized spacial score (nSPS) is 12.1. The van der Waals surface area contributed by atoms with Crippen molar-refractivity contribution in [3.05, 3.63) is 65.0 Å². The van der Waals surface area contributed by atoms with E-state index in [9.17, 15) is 0 Å². The first-order chi connectivity index (χ1) is 11.8. The van der Waals surface area contributed by atoms with Gasteiger partial charge in [-0.15, -0.1) is 11.3 Å². The molecular weight excluding hydrogens is 318 g/mol. The number of pyridine rings is 1. The van der Waals surface area contributed by atoms with Crippen LogP contribution in [-0.4, -0.2) is 9.55 Å². The Balaban J connectivity index is 1.85. The van der Waals surface area contributed by atoms with Crippen LogP contribution < -0.4 is 4.80 Å². The molecule has 0 saturated carbocycles. The molecular formula is C19H17N3OS. The number of rotatable bonds is 4. The van der Waals surface area contributed by atoms with Gasteiger partial charge in [-0.1, -0.05) is 25.1 Å². The van der Waals surface area contributed by atoms with Crippen molar-refractivity contribution < 1.29 is 4.42 Å². The van der Waals surface area contributed by atoms with Gasteiger partial charge >= 0.3 is 0 Å². The maximum absolute atomic E-state index is 6.04. The summed E-state index contributed by atoms with van der Waals surface area (Å²) >= 11 is 1.62. The highest BCUT2D eigenvalue weighted by Crippen LogP contribution is 2.28. The van der Waals surface area contributed by atoms with Gasteiger partial charge in [0.15, 0.2) is 10.6 Å². The van der Waals surface area contributed by atoms with E-state index in [1.165, 1.54) is 0 Å². The van der Waals surface area contributed by atoms with Crippen LogP contribution >= 0.6 is 11.3 Å². The number of nitrogens with zero attached hydrogens (tertiary/aromatic N) is 3. The molecule has 0 fully saturated rings. The first kappa shape index (κ1) is 14.9. The van der Waals surface area contributed by atoms with Crippen molar-refractivity contribution in [2.45, 2.75) is 19.9 Å². The van der Waals surface area contributed by atoms with E-state index in [1.807, 2.05) is 30.3 Å². The molecule has 3 heterocycles. The van der Waals surface area contributed by atoms with Crippen LogP contribution in [0.25, 0.3) is 22.4 Å². The van der Waals surface area contributed by atoms with Crippen LogP contribution in [0.1, 0.15) is 13.3 Å². The fourth-order valence-electron chi connectivity index (χ4n) is 2.69. The molecule has 0 spiro atoms. The van der Waals surface area contributed by atoms with E-state index in [-0.39, 0.29) is 0 Å². The zero-order valence-corrected chi connectivity index (χ0v) is 14.2. The fraction of sp³-hybridized carbons (Fsp3) is 0.158. The number of hydrogen-bond acceptors (Lipinski definition) is 4. The molecule has 0 saturated heterocycles. The van der Waals surface area contributed by atoms with Crippen molar-refractivity contribution in [2.24, 2.45) is 4.99 Å². The van der Waals surface area contributed by atoms with E-state index in [4.69, 9.17) is 9.41 Å². The highest BCUT2D eigenvalue weighted by molar-refractivity contribution is 7.07. The number of fused-ring (bicyclic) bond motifs is 1. The van der Waals surface area contributed by atoms with Crippen molar-refractivity contribution in [3.8, 4) is 11.5 Å². The summed E-state index contributed by atoms with van der Waals surface area (Å²) in [6.07, 6.45) is 4.56. The Bertz CT molecular complexity index is 994. The van der Waals surface area contributed by atoms with Crippen LogP contribution in [-0.2, 0) is 6.54 Å². The summed E-state index contributed by atoms with van der Waals surface area (Å²) in [7, 11) is 0. The van der Waals surface area contributed by atoms with Crippen molar-refractivity contribution in [3.63, 3.8) is 0 Å². The number of benzene rings is 1. The Morgan fingerprint density at radius 2 is 2.12 bits per heavy atom. The van der Waals surface area contributed by atoms with Crippen molar-refractivity contribution >= 4 is 28.0 Å². The summed E-state index contributed by atoms with van der Waals surface area (Å²) < 4.78 is 8.25. The Morgan fingerprint density at radius 3 is 2.92 bits per heavy atom. The van der Waals surface area contributed by atoms with Gasteiger partial charge in [0, 0.05) is 23.5 Å². The Morgan fingerprint density at radius 1 is 1.21 bits per heavy atom. The van der Waals surface area contributed by atoms with Gasteiger partial charge in [-0.05, 0) is 30.7 Å². The second kappa shape index (κ2) is 6.45. The molecule has 4 aromatic rings. The molecule has 0 radical (unpaired) electrons. The maximum Gasteiger partial charge on any atom is 0.190 e. The van der Waals surface area contributed by atoms with Gasteiger partial charge in [0.25, 0.3) is 0 Å². The molecule has 0 atom stereocenters. The molecule has 4 rings (SSSR count). The van der Waals surface area contributed by atoms with Gasteiger partial charge in [-0.3, -0.25) is 4.98 Å². The minimum Gasteiger partial charge on any atom is -0.454 e. The monoisotopic (exact) mass is 335 g/mol. The molecule has 0 N–H and O–H groups in total. The Kier molecular flexibility index (Phi) is 4.01. The standard InChI is InChI=1S/C19H17N3OS/c1-2-10-22-16(18-11-14-6-3-4-8-17(14)23-18)13-24-19(22)21-15-7-5-9-20-12-15/h3-9,11-13H,2,10H2,1H3. The summed E-state index contributed by atoms with van der Waals surface area (Å²) in [5.41, 5.74) is 2.84. The van der Waals surface area contributed by atoms with Crippen LogP contribution in [0.2, 0.25) is 0 Å². The summed E-state index contributed by atoms with van der Waals surface area (Å²) in [4.78, 5) is 9.83. The second-order valence-corrected chi connectivity index (χ2v) is 6.36. The van der Waals surface area contributed by atoms with Crippen LogP contribution in [0.4, 0.5) is 5.69 Å². The molecule has 0 unspecified atom stereocenters. The summed E-state index contributed by atoms with van der Waals surface area (Å²) in [6, 6.07) is 14.0. The molecule has 0 aliphatic heterocycles.